The smallest absolute Gasteiger partial charge is 0.335 e. The van der Waals surface area contributed by atoms with E-state index >= 15 is 0 Å². The molecule has 0 aliphatic rings. The first kappa shape index (κ1) is 12.4. The summed E-state index contributed by atoms with van der Waals surface area (Å²) in [6.45, 7) is 1.72. The highest BCUT2D eigenvalue weighted by molar-refractivity contribution is 6.30. The van der Waals surface area contributed by atoms with Gasteiger partial charge in [0.05, 0.1) is 17.8 Å². The Kier molecular flexibility index (Phi) is 4.25. The molecule has 1 aromatic rings. The average Bonchev–Trinajstić information content (AvgIpc) is 2.26. The zero-order chi connectivity index (χ0) is 12.1. The first-order valence-corrected chi connectivity index (χ1v) is 5.04. The van der Waals surface area contributed by atoms with Crippen LogP contribution in [0.1, 0.15) is 23.0 Å². The lowest BCUT2D eigenvalue weighted by atomic mass is 10.2. The van der Waals surface area contributed by atoms with Crippen LogP contribution in [0.5, 0.6) is 0 Å². The summed E-state index contributed by atoms with van der Waals surface area (Å²) in [6, 6.07) is 2.79. The van der Waals surface area contributed by atoms with E-state index in [0.29, 0.717) is 5.69 Å². The Bertz CT molecular complexity index is 407. The third-order valence-electron chi connectivity index (χ3n) is 1.87. The van der Waals surface area contributed by atoms with Gasteiger partial charge in [-0.3, -0.25) is 9.78 Å². The van der Waals surface area contributed by atoms with Crippen LogP contribution in [0.2, 0.25) is 0 Å². The van der Waals surface area contributed by atoms with E-state index in [1.807, 2.05) is 0 Å². The molecule has 0 saturated heterocycles. The minimum absolute atomic E-state index is 0.137. The highest BCUT2D eigenvalue weighted by atomic mass is 35.5. The van der Waals surface area contributed by atoms with Crippen LogP contribution in [0.4, 0.5) is 0 Å². The van der Waals surface area contributed by atoms with E-state index in [1.165, 1.54) is 18.3 Å². The molecule has 1 amide bonds. The van der Waals surface area contributed by atoms with Gasteiger partial charge in [-0.15, -0.1) is 11.6 Å². The molecule has 1 atom stereocenters. The topological polar surface area (TPSA) is 79.3 Å². The first-order chi connectivity index (χ1) is 7.50. The molecule has 0 aliphatic carbocycles. The van der Waals surface area contributed by atoms with Crippen LogP contribution >= 0.6 is 11.6 Å². The SMILES string of the molecule is CC(Cl)C(=O)NCc1cc(C(=O)O)ccn1. The Morgan fingerprint density at radius 2 is 2.31 bits per heavy atom. The van der Waals surface area contributed by atoms with Gasteiger partial charge in [0, 0.05) is 6.20 Å². The number of nitrogens with zero attached hydrogens (tertiary/aromatic N) is 1. The summed E-state index contributed by atoms with van der Waals surface area (Å²) in [6.07, 6.45) is 1.38. The number of carbonyl (C=O) groups excluding carboxylic acids is 1. The molecule has 6 heteroatoms. The number of carboxylic acids is 1. The zero-order valence-electron chi connectivity index (χ0n) is 8.61. The number of pyridine rings is 1. The van der Waals surface area contributed by atoms with Crippen LogP contribution in [0.15, 0.2) is 18.3 Å². The monoisotopic (exact) mass is 242 g/mol. The van der Waals surface area contributed by atoms with Crippen molar-refractivity contribution in [3.05, 3.63) is 29.6 Å². The molecule has 0 spiro atoms. The van der Waals surface area contributed by atoms with Crippen molar-refractivity contribution in [2.45, 2.75) is 18.8 Å². The van der Waals surface area contributed by atoms with Crippen LogP contribution < -0.4 is 5.32 Å². The minimum atomic E-state index is -1.03. The predicted octanol–water partition coefficient (Wildman–Crippen LogP) is 1.02. The van der Waals surface area contributed by atoms with E-state index in [4.69, 9.17) is 16.7 Å². The Labute approximate surface area is 97.4 Å². The number of aromatic carboxylic acids is 1. The molecule has 0 fully saturated rings. The van der Waals surface area contributed by atoms with Crippen molar-refractivity contribution in [3.63, 3.8) is 0 Å². The maximum Gasteiger partial charge on any atom is 0.335 e. The number of carbonyl (C=O) groups is 2. The predicted molar refractivity (Wildman–Crippen MR) is 58.4 cm³/mol. The van der Waals surface area contributed by atoms with Crippen LogP contribution in [0.25, 0.3) is 0 Å². The molecule has 0 radical (unpaired) electrons. The third kappa shape index (κ3) is 3.51. The van der Waals surface area contributed by atoms with Crippen molar-refractivity contribution in [3.8, 4) is 0 Å². The number of carboxylic acid groups (broad SMARTS) is 1. The van der Waals surface area contributed by atoms with Gasteiger partial charge < -0.3 is 10.4 Å². The van der Waals surface area contributed by atoms with Crippen LogP contribution in [0, 0.1) is 0 Å². The van der Waals surface area contributed by atoms with Gasteiger partial charge in [0.25, 0.3) is 0 Å². The average molecular weight is 243 g/mol. The van der Waals surface area contributed by atoms with Gasteiger partial charge in [-0.2, -0.15) is 0 Å². The molecular weight excluding hydrogens is 232 g/mol. The number of aromatic nitrogens is 1. The lowest BCUT2D eigenvalue weighted by Crippen LogP contribution is -2.29. The summed E-state index contributed by atoms with van der Waals surface area (Å²) in [5.41, 5.74) is 0.615. The number of rotatable bonds is 4. The fraction of sp³-hybridized carbons (Fsp3) is 0.300. The summed E-state index contributed by atoms with van der Waals surface area (Å²) in [5, 5.41) is 10.7. The molecule has 0 aromatic carbocycles. The molecule has 2 N–H and O–H groups in total. The van der Waals surface area contributed by atoms with Gasteiger partial charge in [0.1, 0.15) is 5.38 Å². The second kappa shape index (κ2) is 5.46. The number of alkyl halides is 1. The summed E-state index contributed by atoms with van der Waals surface area (Å²) in [5.74, 6) is -1.34. The quantitative estimate of drug-likeness (QED) is 0.773. The number of amides is 1. The van der Waals surface area contributed by atoms with Crippen molar-refractivity contribution in [2.75, 3.05) is 0 Å². The first-order valence-electron chi connectivity index (χ1n) is 4.60. The fourth-order valence-electron chi connectivity index (χ4n) is 1.03. The number of hydrogen-bond donors (Lipinski definition) is 2. The van der Waals surface area contributed by atoms with Gasteiger partial charge in [-0.25, -0.2) is 4.79 Å². The molecule has 5 nitrogen and oxygen atoms in total. The van der Waals surface area contributed by atoms with E-state index in [9.17, 15) is 9.59 Å². The molecule has 1 rings (SSSR count). The van der Waals surface area contributed by atoms with E-state index in [-0.39, 0.29) is 18.0 Å². The van der Waals surface area contributed by atoms with Gasteiger partial charge in [-0.05, 0) is 19.1 Å². The zero-order valence-corrected chi connectivity index (χ0v) is 9.36. The van der Waals surface area contributed by atoms with Gasteiger partial charge in [-0.1, -0.05) is 0 Å². The second-order valence-electron chi connectivity index (χ2n) is 3.17. The molecule has 1 unspecified atom stereocenters. The van der Waals surface area contributed by atoms with Crippen LogP contribution in [0.3, 0.4) is 0 Å². The molecule has 0 bridgehead atoms. The van der Waals surface area contributed by atoms with E-state index in [1.54, 1.807) is 6.92 Å². The lowest BCUT2D eigenvalue weighted by Gasteiger charge is -2.06. The van der Waals surface area contributed by atoms with Crippen molar-refractivity contribution in [1.82, 2.24) is 10.3 Å². The van der Waals surface area contributed by atoms with Crippen molar-refractivity contribution < 1.29 is 14.7 Å². The molecule has 86 valence electrons. The molecular formula is C10H11ClN2O3. The van der Waals surface area contributed by atoms with Crippen molar-refractivity contribution in [1.29, 1.82) is 0 Å². The molecule has 1 heterocycles. The molecule has 0 aliphatic heterocycles. The fourth-order valence-corrected chi connectivity index (χ4v) is 1.10. The van der Waals surface area contributed by atoms with Gasteiger partial charge in [0.15, 0.2) is 0 Å². The van der Waals surface area contributed by atoms with Gasteiger partial charge in [0.2, 0.25) is 5.91 Å². The number of halogens is 1. The highest BCUT2D eigenvalue weighted by Crippen LogP contribution is 2.02. The maximum absolute atomic E-state index is 11.1. The Morgan fingerprint density at radius 1 is 1.62 bits per heavy atom. The second-order valence-corrected chi connectivity index (χ2v) is 3.83. The molecule has 16 heavy (non-hydrogen) atoms. The van der Waals surface area contributed by atoms with Crippen LogP contribution in [-0.2, 0) is 11.3 Å². The van der Waals surface area contributed by atoms with E-state index in [0.717, 1.165) is 0 Å². The Morgan fingerprint density at radius 3 is 2.88 bits per heavy atom. The summed E-state index contributed by atoms with van der Waals surface area (Å²) in [4.78, 5) is 25.7. The number of nitrogens with one attached hydrogen (secondary N) is 1. The normalized spacial score (nSPS) is 11.9. The third-order valence-corrected chi connectivity index (χ3v) is 2.07. The summed E-state index contributed by atoms with van der Waals surface area (Å²) >= 11 is 5.55. The summed E-state index contributed by atoms with van der Waals surface area (Å²) in [7, 11) is 0. The maximum atomic E-state index is 11.1. The Hall–Kier alpha value is -1.62. The van der Waals surface area contributed by atoms with Gasteiger partial charge >= 0.3 is 5.97 Å². The lowest BCUT2D eigenvalue weighted by molar-refractivity contribution is -0.120. The summed E-state index contributed by atoms with van der Waals surface area (Å²) < 4.78 is 0. The van der Waals surface area contributed by atoms with Crippen LogP contribution in [-0.4, -0.2) is 27.3 Å². The van der Waals surface area contributed by atoms with E-state index in [2.05, 4.69) is 10.3 Å². The van der Waals surface area contributed by atoms with Crippen molar-refractivity contribution in [2.24, 2.45) is 0 Å². The Balaban J connectivity index is 2.64. The van der Waals surface area contributed by atoms with Crippen molar-refractivity contribution >= 4 is 23.5 Å². The van der Waals surface area contributed by atoms with E-state index < -0.39 is 11.3 Å². The standard InChI is InChI=1S/C10H11ClN2O3/c1-6(11)9(14)13-5-8-4-7(10(15)16)2-3-12-8/h2-4,6H,5H2,1H3,(H,13,14)(H,15,16). The molecule has 1 aromatic heterocycles. The minimum Gasteiger partial charge on any atom is -0.478 e. The number of hydrogen-bond acceptors (Lipinski definition) is 3. The largest absolute Gasteiger partial charge is 0.478 e. The highest BCUT2D eigenvalue weighted by Gasteiger charge is 2.09. The molecule has 0 saturated carbocycles.